The molecule has 5 nitrogen and oxygen atoms in total. The maximum atomic E-state index is 11.4. The molecule has 0 radical (unpaired) electrons. The summed E-state index contributed by atoms with van der Waals surface area (Å²) in [7, 11) is 1.72. The van der Waals surface area contributed by atoms with E-state index < -0.39 is 0 Å². The van der Waals surface area contributed by atoms with Crippen LogP contribution in [0.15, 0.2) is 54.2 Å². The number of hydrogen-bond donors (Lipinski definition) is 0. The van der Waals surface area contributed by atoms with Crippen molar-refractivity contribution >= 4 is 11.8 Å². The van der Waals surface area contributed by atoms with Gasteiger partial charge >= 0.3 is 5.97 Å². The second kappa shape index (κ2) is 10.3. The Hall–Kier alpha value is -2.66. The number of ketones is 1. The number of methoxy groups -OCH3 is 1. The molecule has 2 aliphatic carbocycles. The second-order valence-electron chi connectivity index (χ2n) is 10.1. The van der Waals surface area contributed by atoms with Gasteiger partial charge in [0.2, 0.25) is 0 Å². The molecule has 1 aliphatic heterocycles. The Labute approximate surface area is 202 Å². The topological polar surface area (TPSA) is 61.8 Å². The molecule has 1 unspecified atom stereocenters. The van der Waals surface area contributed by atoms with Crippen molar-refractivity contribution in [1.82, 2.24) is 0 Å². The van der Waals surface area contributed by atoms with E-state index in [2.05, 4.69) is 37.3 Å². The molecule has 0 saturated heterocycles. The molecule has 1 saturated carbocycles. The predicted octanol–water partition coefficient (Wildman–Crippen LogP) is 5.35. The molecule has 0 amide bonds. The molecule has 0 aromatic heterocycles. The van der Waals surface area contributed by atoms with Gasteiger partial charge in [0.15, 0.2) is 5.78 Å². The van der Waals surface area contributed by atoms with Crippen molar-refractivity contribution in [1.29, 1.82) is 0 Å². The fourth-order valence-electron chi connectivity index (χ4n) is 6.21. The number of hydrogen-bond acceptors (Lipinski definition) is 5. The van der Waals surface area contributed by atoms with Crippen LogP contribution in [-0.4, -0.2) is 38.2 Å². The summed E-state index contributed by atoms with van der Waals surface area (Å²) in [6, 6.07) is 6.53. The molecular weight excluding hydrogens is 428 g/mol. The maximum absolute atomic E-state index is 11.4. The zero-order valence-corrected chi connectivity index (χ0v) is 20.7. The lowest BCUT2D eigenvalue weighted by molar-refractivity contribution is -0.139. The molecule has 5 atom stereocenters. The highest BCUT2D eigenvalue weighted by Crippen LogP contribution is 2.57. The van der Waals surface area contributed by atoms with E-state index in [1.165, 1.54) is 18.1 Å². The third-order valence-corrected chi connectivity index (χ3v) is 7.93. The third kappa shape index (κ3) is 5.05. The van der Waals surface area contributed by atoms with Crippen LogP contribution in [0, 0.1) is 17.3 Å². The van der Waals surface area contributed by atoms with E-state index in [1.807, 2.05) is 12.2 Å². The van der Waals surface area contributed by atoms with Gasteiger partial charge in [-0.25, -0.2) is 0 Å². The van der Waals surface area contributed by atoms with Gasteiger partial charge in [-0.2, -0.15) is 0 Å². The van der Waals surface area contributed by atoms with Crippen LogP contribution in [0.4, 0.5) is 0 Å². The van der Waals surface area contributed by atoms with Crippen molar-refractivity contribution in [3.63, 3.8) is 0 Å². The minimum absolute atomic E-state index is 0.0132. The summed E-state index contributed by atoms with van der Waals surface area (Å²) in [6.07, 6.45) is 14.2. The molecule has 1 fully saturated rings. The fraction of sp³-hybridized carbons (Fsp3) is 0.517. The van der Waals surface area contributed by atoms with Gasteiger partial charge in [0, 0.05) is 12.3 Å². The second-order valence-corrected chi connectivity index (χ2v) is 10.1. The molecule has 182 valence electrons. The first-order chi connectivity index (χ1) is 16.3. The van der Waals surface area contributed by atoms with E-state index in [0.717, 1.165) is 37.0 Å². The fourth-order valence-corrected chi connectivity index (χ4v) is 6.21. The molecule has 4 rings (SSSR count). The molecule has 1 aromatic rings. The number of aryl methyl sites for hydroxylation is 1. The highest BCUT2D eigenvalue weighted by Gasteiger charge is 2.51. The first-order valence-electron chi connectivity index (χ1n) is 12.3. The van der Waals surface area contributed by atoms with Gasteiger partial charge in [0.25, 0.3) is 0 Å². The van der Waals surface area contributed by atoms with Crippen LogP contribution in [-0.2, 0) is 25.5 Å². The first-order valence-corrected chi connectivity index (χ1v) is 12.3. The Kier molecular flexibility index (Phi) is 7.42. The smallest absolute Gasteiger partial charge is 0.302 e. The summed E-state index contributed by atoms with van der Waals surface area (Å²) in [6.45, 7) is 6.17. The molecular formula is C29H36O5. The minimum atomic E-state index is -0.265. The number of fused-ring (bicyclic) bond motifs is 3. The van der Waals surface area contributed by atoms with Crippen LogP contribution in [0.2, 0.25) is 0 Å². The van der Waals surface area contributed by atoms with Crippen molar-refractivity contribution in [2.24, 2.45) is 17.3 Å². The third-order valence-electron chi connectivity index (χ3n) is 7.93. The zero-order valence-electron chi connectivity index (χ0n) is 20.7. The van der Waals surface area contributed by atoms with Gasteiger partial charge in [-0.15, -0.1) is 0 Å². The SMILES string of the molecule is COc1ccc2c(c1)CC[C@@H]1[C@@H]2CC[C@](C)(C2C=C(/C=C/C(C)=O)CO2)[C@H]1/C=C/COC(C)=O. The first kappa shape index (κ1) is 24.5. The summed E-state index contributed by atoms with van der Waals surface area (Å²) in [5, 5.41) is 0. The van der Waals surface area contributed by atoms with Gasteiger partial charge in [0.1, 0.15) is 12.4 Å². The van der Waals surface area contributed by atoms with E-state index in [0.29, 0.717) is 25.0 Å². The van der Waals surface area contributed by atoms with Crippen molar-refractivity contribution in [3.8, 4) is 5.75 Å². The van der Waals surface area contributed by atoms with Crippen molar-refractivity contribution in [2.75, 3.05) is 20.3 Å². The lowest BCUT2D eigenvalue weighted by atomic mass is 9.53. The highest BCUT2D eigenvalue weighted by molar-refractivity contribution is 5.87. The van der Waals surface area contributed by atoms with Gasteiger partial charge < -0.3 is 14.2 Å². The Balaban J connectivity index is 1.63. The quantitative estimate of drug-likeness (QED) is 0.309. The average molecular weight is 465 g/mol. The Bertz CT molecular complexity index is 1020. The Morgan fingerprint density at radius 1 is 1.24 bits per heavy atom. The molecule has 0 spiro atoms. The summed E-state index contributed by atoms with van der Waals surface area (Å²) < 4.78 is 17.0. The lowest BCUT2D eigenvalue weighted by Crippen LogP contribution is -2.47. The van der Waals surface area contributed by atoms with E-state index >= 15 is 0 Å². The van der Waals surface area contributed by atoms with E-state index in [4.69, 9.17) is 14.2 Å². The summed E-state index contributed by atoms with van der Waals surface area (Å²) in [5.41, 5.74) is 3.84. The molecule has 5 heteroatoms. The summed E-state index contributed by atoms with van der Waals surface area (Å²) in [4.78, 5) is 22.7. The van der Waals surface area contributed by atoms with E-state index in [9.17, 15) is 9.59 Å². The predicted molar refractivity (Wildman–Crippen MR) is 132 cm³/mol. The molecule has 1 heterocycles. The van der Waals surface area contributed by atoms with Crippen LogP contribution in [0.25, 0.3) is 0 Å². The van der Waals surface area contributed by atoms with Crippen molar-refractivity contribution < 1.29 is 23.8 Å². The standard InChI is InChI=1S/C29H36O5/c1-19(30)7-8-21-16-28(34-18-21)29(3)14-13-25-24-12-10-23(32-4)17-22(24)9-11-26(25)27(29)6-5-15-33-20(2)31/h5-8,10,12,16-17,25-28H,9,11,13-15,18H2,1-4H3/b6-5+,8-7+/t25-,26-,27+,28?,29+/m1/s1. The number of benzene rings is 1. The number of carbonyl (C=O) groups is 2. The molecule has 0 N–H and O–H groups in total. The monoisotopic (exact) mass is 464 g/mol. The number of allylic oxidation sites excluding steroid dienone is 2. The Morgan fingerprint density at radius 2 is 2.06 bits per heavy atom. The Morgan fingerprint density at radius 3 is 2.79 bits per heavy atom. The molecule has 1 aromatic carbocycles. The molecule has 0 bridgehead atoms. The maximum Gasteiger partial charge on any atom is 0.302 e. The minimum Gasteiger partial charge on any atom is -0.497 e. The van der Waals surface area contributed by atoms with Crippen LogP contribution >= 0.6 is 0 Å². The van der Waals surface area contributed by atoms with Crippen LogP contribution < -0.4 is 4.74 Å². The molecule has 3 aliphatic rings. The highest BCUT2D eigenvalue weighted by atomic mass is 16.5. The van der Waals surface area contributed by atoms with E-state index in [-0.39, 0.29) is 29.2 Å². The van der Waals surface area contributed by atoms with Gasteiger partial charge in [-0.1, -0.05) is 31.2 Å². The van der Waals surface area contributed by atoms with Crippen molar-refractivity contribution in [3.05, 3.63) is 65.3 Å². The normalized spacial score (nSPS) is 30.6. The largest absolute Gasteiger partial charge is 0.497 e. The van der Waals surface area contributed by atoms with E-state index in [1.54, 1.807) is 20.1 Å². The number of esters is 1. The average Bonchev–Trinajstić information content (AvgIpc) is 3.30. The van der Waals surface area contributed by atoms with Crippen LogP contribution in [0.5, 0.6) is 5.75 Å². The van der Waals surface area contributed by atoms with Gasteiger partial charge in [-0.05, 0) is 91.3 Å². The van der Waals surface area contributed by atoms with Crippen molar-refractivity contribution in [2.45, 2.75) is 58.5 Å². The lowest BCUT2D eigenvalue weighted by Gasteiger charge is -2.52. The molecule has 34 heavy (non-hydrogen) atoms. The summed E-state index contributed by atoms with van der Waals surface area (Å²) in [5.74, 6) is 1.97. The number of rotatable bonds is 7. The van der Waals surface area contributed by atoms with Gasteiger partial charge in [0.05, 0.1) is 19.8 Å². The van der Waals surface area contributed by atoms with Crippen LogP contribution in [0.1, 0.15) is 57.1 Å². The number of ether oxygens (including phenoxy) is 3. The van der Waals surface area contributed by atoms with Crippen LogP contribution in [0.3, 0.4) is 0 Å². The van der Waals surface area contributed by atoms with Gasteiger partial charge in [-0.3, -0.25) is 9.59 Å². The number of carbonyl (C=O) groups excluding carboxylic acids is 2. The summed E-state index contributed by atoms with van der Waals surface area (Å²) >= 11 is 0. The zero-order chi connectivity index (χ0) is 24.3.